The van der Waals surface area contributed by atoms with Crippen LogP contribution < -0.4 is 10.9 Å². The van der Waals surface area contributed by atoms with Gasteiger partial charge in [0.25, 0.3) is 5.56 Å². The van der Waals surface area contributed by atoms with Gasteiger partial charge in [-0.1, -0.05) is 30.3 Å². The standard InChI is InChI=1S/C26H23F3N4O/c1-32(2)15-16-6-12-19(13-7-16)33-25(34)20-4-3-5-22-23(20)24(31-33)21(14-30-22)17-8-10-18(11-9-17)26(27,28)29/h3-13,21,30H,14-15H2,1-2H3. The Morgan fingerprint density at radius 1 is 1.03 bits per heavy atom. The van der Waals surface area contributed by atoms with Gasteiger partial charge < -0.3 is 10.2 Å². The third kappa shape index (κ3) is 3.94. The molecule has 1 N–H and O–H groups in total. The highest BCUT2D eigenvalue weighted by Crippen LogP contribution is 2.38. The molecule has 5 rings (SSSR count). The van der Waals surface area contributed by atoms with E-state index in [2.05, 4.69) is 10.2 Å². The van der Waals surface area contributed by atoms with Crippen LogP contribution in [0.4, 0.5) is 18.9 Å². The summed E-state index contributed by atoms with van der Waals surface area (Å²) in [5, 5.41) is 9.30. The molecule has 0 fully saturated rings. The highest BCUT2D eigenvalue weighted by Gasteiger charge is 2.31. The molecule has 0 aliphatic carbocycles. The number of nitrogens with one attached hydrogen (secondary N) is 1. The lowest BCUT2D eigenvalue weighted by molar-refractivity contribution is -0.137. The Balaban J connectivity index is 1.64. The lowest BCUT2D eigenvalue weighted by atomic mass is 9.88. The fourth-order valence-corrected chi connectivity index (χ4v) is 4.49. The third-order valence-corrected chi connectivity index (χ3v) is 6.10. The summed E-state index contributed by atoms with van der Waals surface area (Å²) in [6.07, 6.45) is -4.40. The van der Waals surface area contributed by atoms with E-state index in [4.69, 9.17) is 5.10 Å². The molecule has 0 saturated heterocycles. The van der Waals surface area contributed by atoms with Crippen molar-refractivity contribution in [2.75, 3.05) is 26.0 Å². The largest absolute Gasteiger partial charge is 0.416 e. The summed E-state index contributed by atoms with van der Waals surface area (Å²) >= 11 is 0. The molecule has 0 bridgehead atoms. The predicted molar refractivity (Wildman–Crippen MR) is 127 cm³/mol. The van der Waals surface area contributed by atoms with Crippen LogP contribution in [0.2, 0.25) is 0 Å². The predicted octanol–water partition coefficient (Wildman–Crippen LogP) is 5.02. The lowest BCUT2D eigenvalue weighted by Crippen LogP contribution is -2.29. The molecule has 0 radical (unpaired) electrons. The monoisotopic (exact) mass is 464 g/mol. The molecule has 0 saturated carbocycles. The van der Waals surface area contributed by atoms with Gasteiger partial charge in [-0.05, 0) is 61.6 Å². The first-order chi connectivity index (χ1) is 16.2. The van der Waals surface area contributed by atoms with Crippen molar-refractivity contribution in [3.63, 3.8) is 0 Å². The summed E-state index contributed by atoms with van der Waals surface area (Å²) in [6.45, 7) is 1.24. The van der Waals surface area contributed by atoms with E-state index in [-0.39, 0.29) is 11.5 Å². The van der Waals surface area contributed by atoms with Crippen LogP contribution in [-0.4, -0.2) is 35.3 Å². The Labute approximate surface area is 194 Å². The van der Waals surface area contributed by atoms with Crippen LogP contribution in [0.1, 0.15) is 28.3 Å². The van der Waals surface area contributed by atoms with Crippen molar-refractivity contribution < 1.29 is 13.2 Å². The van der Waals surface area contributed by atoms with E-state index >= 15 is 0 Å². The van der Waals surface area contributed by atoms with Gasteiger partial charge in [-0.3, -0.25) is 4.79 Å². The van der Waals surface area contributed by atoms with E-state index < -0.39 is 11.7 Å². The maximum Gasteiger partial charge on any atom is 0.416 e. The number of nitrogens with zero attached hydrogens (tertiary/aromatic N) is 3. The van der Waals surface area contributed by atoms with Crippen molar-refractivity contribution in [3.8, 4) is 5.69 Å². The second kappa shape index (κ2) is 8.29. The minimum Gasteiger partial charge on any atom is -0.383 e. The summed E-state index contributed by atoms with van der Waals surface area (Å²) in [5.74, 6) is -0.306. The number of rotatable bonds is 4. The van der Waals surface area contributed by atoms with Crippen LogP contribution >= 0.6 is 0 Å². The maximum absolute atomic E-state index is 13.4. The first-order valence-electron chi connectivity index (χ1n) is 10.9. The van der Waals surface area contributed by atoms with Gasteiger partial charge in [-0.25, -0.2) is 0 Å². The minimum atomic E-state index is -4.40. The summed E-state index contributed by atoms with van der Waals surface area (Å²) in [4.78, 5) is 15.4. The molecule has 5 nitrogen and oxygen atoms in total. The van der Waals surface area contributed by atoms with Crippen molar-refractivity contribution in [2.45, 2.75) is 18.6 Å². The summed E-state index contributed by atoms with van der Waals surface area (Å²) in [6, 6.07) is 18.3. The molecule has 4 aromatic rings. The van der Waals surface area contributed by atoms with Crippen molar-refractivity contribution in [3.05, 3.63) is 99.5 Å². The van der Waals surface area contributed by atoms with E-state index in [1.807, 2.05) is 50.5 Å². The van der Waals surface area contributed by atoms with Gasteiger partial charge in [0.05, 0.1) is 22.3 Å². The normalized spacial score (nSPS) is 15.5. The lowest BCUT2D eigenvalue weighted by Gasteiger charge is -2.27. The molecular formula is C26H23F3N4O. The third-order valence-electron chi connectivity index (χ3n) is 6.10. The van der Waals surface area contributed by atoms with Crippen LogP contribution in [-0.2, 0) is 12.7 Å². The number of halogens is 3. The Kier molecular flexibility index (Phi) is 5.40. The van der Waals surface area contributed by atoms with Crippen LogP contribution in [0, 0.1) is 0 Å². The molecule has 1 aliphatic heterocycles. The molecule has 174 valence electrons. The van der Waals surface area contributed by atoms with Crippen LogP contribution in [0.15, 0.2) is 71.5 Å². The molecular weight excluding hydrogens is 441 g/mol. The van der Waals surface area contributed by atoms with Gasteiger partial charge in [0.15, 0.2) is 0 Å². The van der Waals surface area contributed by atoms with Crippen LogP contribution in [0.5, 0.6) is 0 Å². The molecule has 1 unspecified atom stereocenters. The zero-order chi connectivity index (χ0) is 24.0. The maximum atomic E-state index is 13.4. The zero-order valence-corrected chi connectivity index (χ0v) is 18.7. The molecule has 0 amide bonds. The van der Waals surface area contributed by atoms with Gasteiger partial charge in [-0.15, -0.1) is 0 Å². The fourth-order valence-electron chi connectivity index (χ4n) is 4.49. The molecule has 0 spiro atoms. The van der Waals surface area contributed by atoms with Crippen molar-refractivity contribution in [1.82, 2.24) is 14.7 Å². The van der Waals surface area contributed by atoms with Gasteiger partial charge >= 0.3 is 6.18 Å². The van der Waals surface area contributed by atoms with Gasteiger partial charge in [0.1, 0.15) is 0 Å². The number of benzene rings is 3. The molecule has 1 aliphatic rings. The quantitative estimate of drug-likeness (QED) is 0.461. The van der Waals surface area contributed by atoms with E-state index in [9.17, 15) is 18.0 Å². The van der Waals surface area contributed by atoms with Crippen LogP contribution in [0.25, 0.3) is 16.5 Å². The van der Waals surface area contributed by atoms with Crippen LogP contribution in [0.3, 0.4) is 0 Å². The first-order valence-corrected chi connectivity index (χ1v) is 10.9. The SMILES string of the molecule is CN(C)Cc1ccc(-n2nc3c4c(cccc4c2=O)NCC3c2ccc(C(F)(F)F)cc2)cc1. The molecule has 1 atom stereocenters. The van der Waals surface area contributed by atoms with Crippen molar-refractivity contribution in [2.24, 2.45) is 0 Å². The smallest absolute Gasteiger partial charge is 0.383 e. The Bertz CT molecular complexity index is 1410. The summed E-state index contributed by atoms with van der Waals surface area (Å²) < 4.78 is 40.6. The Morgan fingerprint density at radius 3 is 2.38 bits per heavy atom. The number of hydrogen-bond acceptors (Lipinski definition) is 4. The van der Waals surface area contributed by atoms with E-state index in [0.29, 0.717) is 34.3 Å². The second-order valence-electron chi connectivity index (χ2n) is 8.79. The summed E-state index contributed by atoms with van der Waals surface area (Å²) in [5.41, 5.74) is 2.99. The van der Waals surface area contributed by atoms with Gasteiger partial charge in [0.2, 0.25) is 0 Å². The average molecular weight is 464 g/mol. The summed E-state index contributed by atoms with van der Waals surface area (Å²) in [7, 11) is 3.97. The second-order valence-corrected chi connectivity index (χ2v) is 8.79. The molecule has 2 heterocycles. The number of anilines is 1. The zero-order valence-electron chi connectivity index (χ0n) is 18.7. The van der Waals surface area contributed by atoms with E-state index in [1.54, 1.807) is 6.07 Å². The topological polar surface area (TPSA) is 50.2 Å². The fraction of sp³-hybridized carbons (Fsp3) is 0.231. The molecule has 1 aromatic heterocycles. The highest BCUT2D eigenvalue weighted by atomic mass is 19.4. The number of hydrogen-bond donors (Lipinski definition) is 1. The minimum absolute atomic E-state index is 0.240. The molecule has 34 heavy (non-hydrogen) atoms. The average Bonchev–Trinajstić information content (AvgIpc) is 2.81. The van der Waals surface area contributed by atoms with E-state index in [1.165, 1.54) is 16.8 Å². The Hall–Kier alpha value is -3.65. The molecule has 8 heteroatoms. The number of aromatic nitrogens is 2. The van der Waals surface area contributed by atoms with Crippen molar-refractivity contribution >= 4 is 16.5 Å². The van der Waals surface area contributed by atoms with E-state index in [0.717, 1.165) is 29.9 Å². The number of alkyl halides is 3. The van der Waals surface area contributed by atoms with Crippen molar-refractivity contribution in [1.29, 1.82) is 0 Å². The van der Waals surface area contributed by atoms with Gasteiger partial charge in [-0.2, -0.15) is 23.0 Å². The Morgan fingerprint density at radius 2 is 1.74 bits per heavy atom. The van der Waals surface area contributed by atoms with Gasteiger partial charge in [0, 0.05) is 30.1 Å². The molecule has 3 aromatic carbocycles. The first kappa shape index (κ1) is 22.2. The highest BCUT2D eigenvalue weighted by molar-refractivity contribution is 5.97.